The molecule has 0 N–H and O–H groups in total. The molecule has 96 valence electrons. The molecule has 0 spiro atoms. The molecule has 0 bridgehead atoms. The standard InChI is InChI=1S/C11H14O2.C4H4O/c1-11-5-8(11)3-2-7-6-13-10(12)4-9(7)11;1-2-4-5-3-1/h4,7-8H,2-3,5-6H2,1H3;1-4H/t7?,8-,11+;/m0./s1. The Balaban J connectivity index is 0.000000169. The van der Waals surface area contributed by atoms with E-state index in [0.29, 0.717) is 17.9 Å². The van der Waals surface area contributed by atoms with Gasteiger partial charge >= 0.3 is 5.97 Å². The van der Waals surface area contributed by atoms with Gasteiger partial charge < -0.3 is 9.15 Å². The molecule has 1 aromatic rings. The van der Waals surface area contributed by atoms with Gasteiger partial charge in [-0.3, -0.25) is 0 Å². The summed E-state index contributed by atoms with van der Waals surface area (Å²) in [6, 6.07) is 3.67. The van der Waals surface area contributed by atoms with E-state index in [-0.39, 0.29) is 5.97 Å². The highest BCUT2D eigenvalue weighted by atomic mass is 16.5. The van der Waals surface area contributed by atoms with Crippen molar-refractivity contribution in [2.75, 3.05) is 6.61 Å². The quantitative estimate of drug-likeness (QED) is 0.660. The van der Waals surface area contributed by atoms with Gasteiger partial charge in [-0.05, 0) is 42.7 Å². The van der Waals surface area contributed by atoms with Crippen molar-refractivity contribution in [3.63, 3.8) is 0 Å². The maximum Gasteiger partial charge on any atom is 0.330 e. The lowest BCUT2D eigenvalue weighted by Gasteiger charge is -2.32. The zero-order chi connectivity index (χ0) is 12.6. The van der Waals surface area contributed by atoms with Crippen molar-refractivity contribution < 1.29 is 13.9 Å². The first-order valence-electron chi connectivity index (χ1n) is 6.56. The Morgan fingerprint density at radius 1 is 1.28 bits per heavy atom. The van der Waals surface area contributed by atoms with Crippen molar-refractivity contribution in [2.45, 2.75) is 26.2 Å². The van der Waals surface area contributed by atoms with E-state index in [1.165, 1.54) is 24.8 Å². The van der Waals surface area contributed by atoms with Crippen molar-refractivity contribution in [3.05, 3.63) is 36.3 Å². The zero-order valence-electron chi connectivity index (χ0n) is 10.6. The first-order valence-corrected chi connectivity index (χ1v) is 6.56. The maximum atomic E-state index is 11.1. The van der Waals surface area contributed by atoms with Crippen molar-refractivity contribution in [2.24, 2.45) is 17.3 Å². The van der Waals surface area contributed by atoms with Crippen LogP contribution in [0.4, 0.5) is 0 Å². The SMILES string of the molecule is C[C@@]12C[C@@H]1CCC1COC(=O)C=C12.c1ccoc1. The molecular weight excluding hydrogens is 228 g/mol. The monoisotopic (exact) mass is 246 g/mol. The van der Waals surface area contributed by atoms with E-state index in [2.05, 4.69) is 11.3 Å². The number of hydrogen-bond acceptors (Lipinski definition) is 3. The normalized spacial score (nSPS) is 36.3. The van der Waals surface area contributed by atoms with Gasteiger partial charge in [0.15, 0.2) is 0 Å². The van der Waals surface area contributed by atoms with Gasteiger partial charge in [-0.2, -0.15) is 0 Å². The number of cyclic esters (lactones) is 1. The van der Waals surface area contributed by atoms with Crippen molar-refractivity contribution in [1.29, 1.82) is 0 Å². The van der Waals surface area contributed by atoms with Crippen LogP contribution in [0.3, 0.4) is 0 Å². The summed E-state index contributed by atoms with van der Waals surface area (Å²) < 4.78 is 9.63. The van der Waals surface area contributed by atoms with Gasteiger partial charge in [-0.15, -0.1) is 0 Å². The molecule has 1 unspecified atom stereocenters. The number of fused-ring (bicyclic) bond motifs is 3. The summed E-state index contributed by atoms with van der Waals surface area (Å²) in [5, 5.41) is 0. The van der Waals surface area contributed by atoms with Crippen LogP contribution in [0, 0.1) is 17.3 Å². The Morgan fingerprint density at radius 2 is 2.06 bits per heavy atom. The predicted octanol–water partition coefficient (Wildman–Crippen LogP) is 3.19. The molecule has 2 aliphatic carbocycles. The molecule has 3 atom stereocenters. The van der Waals surface area contributed by atoms with Crippen LogP contribution in [0.5, 0.6) is 0 Å². The zero-order valence-corrected chi connectivity index (χ0v) is 10.6. The summed E-state index contributed by atoms with van der Waals surface area (Å²) in [5.41, 5.74) is 1.77. The average Bonchev–Trinajstić information content (AvgIpc) is 2.81. The van der Waals surface area contributed by atoms with Crippen molar-refractivity contribution in [3.8, 4) is 0 Å². The molecule has 0 amide bonds. The summed E-state index contributed by atoms with van der Waals surface area (Å²) in [5.74, 6) is 1.28. The highest BCUT2D eigenvalue weighted by Crippen LogP contribution is 2.65. The Kier molecular flexibility index (Phi) is 2.77. The third-order valence-electron chi connectivity index (χ3n) is 4.50. The summed E-state index contributed by atoms with van der Waals surface area (Å²) in [4.78, 5) is 11.1. The highest BCUT2D eigenvalue weighted by Gasteiger charge is 2.57. The summed E-state index contributed by atoms with van der Waals surface area (Å²) >= 11 is 0. The van der Waals surface area contributed by atoms with Crippen molar-refractivity contribution >= 4 is 5.97 Å². The van der Waals surface area contributed by atoms with Gasteiger partial charge in [0.2, 0.25) is 0 Å². The Labute approximate surface area is 107 Å². The molecule has 3 aliphatic rings. The van der Waals surface area contributed by atoms with Gasteiger partial charge in [0.25, 0.3) is 0 Å². The van der Waals surface area contributed by atoms with E-state index in [0.717, 1.165) is 5.92 Å². The molecule has 0 saturated heterocycles. The number of esters is 1. The van der Waals surface area contributed by atoms with Crippen LogP contribution in [-0.4, -0.2) is 12.6 Å². The number of hydrogen-bond donors (Lipinski definition) is 0. The van der Waals surface area contributed by atoms with Crippen LogP contribution in [0.25, 0.3) is 0 Å². The molecule has 3 heteroatoms. The summed E-state index contributed by atoms with van der Waals surface area (Å²) in [6.45, 7) is 2.93. The Morgan fingerprint density at radius 3 is 2.72 bits per heavy atom. The first kappa shape index (κ1) is 11.6. The fraction of sp³-hybridized carbons (Fsp3) is 0.533. The molecule has 2 saturated carbocycles. The number of carbonyl (C=O) groups excluding carboxylic acids is 1. The molecule has 3 nitrogen and oxygen atoms in total. The van der Waals surface area contributed by atoms with E-state index in [4.69, 9.17) is 4.74 Å². The van der Waals surface area contributed by atoms with Gasteiger partial charge in [0.05, 0.1) is 19.1 Å². The maximum absolute atomic E-state index is 11.1. The lowest BCUT2D eigenvalue weighted by atomic mass is 9.76. The summed E-state index contributed by atoms with van der Waals surface area (Å²) in [7, 11) is 0. The van der Waals surface area contributed by atoms with Crippen LogP contribution in [-0.2, 0) is 9.53 Å². The van der Waals surface area contributed by atoms with Gasteiger partial charge in [0.1, 0.15) is 0 Å². The highest BCUT2D eigenvalue weighted by molar-refractivity contribution is 5.84. The third kappa shape index (κ3) is 1.98. The van der Waals surface area contributed by atoms with Gasteiger partial charge in [0, 0.05) is 12.0 Å². The number of rotatable bonds is 0. The molecule has 0 aromatic carbocycles. The Hall–Kier alpha value is -1.51. The molecule has 2 fully saturated rings. The predicted molar refractivity (Wildman–Crippen MR) is 66.7 cm³/mol. The lowest BCUT2D eigenvalue weighted by Crippen LogP contribution is -2.29. The van der Waals surface area contributed by atoms with E-state index in [1.807, 2.05) is 12.1 Å². The second-order valence-corrected chi connectivity index (χ2v) is 5.62. The van der Waals surface area contributed by atoms with Gasteiger partial charge in [-0.25, -0.2) is 4.79 Å². The minimum atomic E-state index is -0.125. The minimum absolute atomic E-state index is 0.125. The van der Waals surface area contributed by atoms with Crippen LogP contribution >= 0.6 is 0 Å². The number of furan rings is 1. The molecule has 2 heterocycles. The Bertz CT molecular complexity index is 443. The van der Waals surface area contributed by atoms with E-state index < -0.39 is 0 Å². The van der Waals surface area contributed by atoms with Crippen LogP contribution in [0.15, 0.2) is 40.7 Å². The first-order chi connectivity index (χ1) is 8.70. The largest absolute Gasteiger partial charge is 0.473 e. The second-order valence-electron chi connectivity index (χ2n) is 5.62. The smallest absolute Gasteiger partial charge is 0.330 e. The summed E-state index contributed by atoms with van der Waals surface area (Å²) in [6.07, 6.45) is 8.85. The topological polar surface area (TPSA) is 39.4 Å². The fourth-order valence-corrected chi connectivity index (χ4v) is 3.29. The minimum Gasteiger partial charge on any atom is -0.473 e. The van der Waals surface area contributed by atoms with E-state index in [1.54, 1.807) is 18.6 Å². The number of carbonyl (C=O) groups is 1. The van der Waals surface area contributed by atoms with Crippen molar-refractivity contribution in [1.82, 2.24) is 0 Å². The van der Waals surface area contributed by atoms with Crippen LogP contribution in [0.2, 0.25) is 0 Å². The molecular formula is C15H18O3. The van der Waals surface area contributed by atoms with Crippen LogP contribution < -0.4 is 0 Å². The molecule has 4 rings (SSSR count). The number of ether oxygens (including phenoxy) is 1. The third-order valence-corrected chi connectivity index (χ3v) is 4.50. The molecule has 18 heavy (non-hydrogen) atoms. The molecule has 1 aromatic heterocycles. The molecule has 1 aliphatic heterocycles. The van der Waals surface area contributed by atoms with Gasteiger partial charge in [-0.1, -0.05) is 12.5 Å². The van der Waals surface area contributed by atoms with E-state index >= 15 is 0 Å². The second kappa shape index (κ2) is 4.30. The fourth-order valence-electron chi connectivity index (χ4n) is 3.29. The van der Waals surface area contributed by atoms with Crippen LogP contribution in [0.1, 0.15) is 26.2 Å². The van der Waals surface area contributed by atoms with E-state index in [9.17, 15) is 4.79 Å². The average molecular weight is 246 g/mol. The molecule has 0 radical (unpaired) electrons. The lowest BCUT2D eigenvalue weighted by molar-refractivity contribution is -0.140.